The second kappa shape index (κ2) is 8.01. The molecule has 1 saturated heterocycles. The SMILES string of the molecule is CO[C@@]1(c2cccc(-c3cn([C@H]4C[C@H](C#N)C4)c4cnc(NC(C)=O)cc34)n2)CCOC1. The minimum Gasteiger partial charge on any atom is -0.378 e. The summed E-state index contributed by atoms with van der Waals surface area (Å²) in [6.07, 6.45) is 6.29. The summed E-state index contributed by atoms with van der Waals surface area (Å²) in [7, 11) is 1.70. The summed E-state index contributed by atoms with van der Waals surface area (Å²) in [5, 5.41) is 12.9. The lowest BCUT2D eigenvalue weighted by atomic mass is 9.81. The lowest BCUT2D eigenvalue weighted by Crippen LogP contribution is -2.30. The van der Waals surface area contributed by atoms with Gasteiger partial charge in [-0.3, -0.25) is 4.79 Å². The third kappa shape index (κ3) is 3.44. The van der Waals surface area contributed by atoms with Crippen molar-refractivity contribution in [3.05, 3.63) is 42.4 Å². The van der Waals surface area contributed by atoms with Crippen molar-refractivity contribution in [3.8, 4) is 17.3 Å². The van der Waals surface area contributed by atoms with Crippen LogP contribution >= 0.6 is 0 Å². The van der Waals surface area contributed by atoms with Gasteiger partial charge in [0.1, 0.15) is 11.4 Å². The molecule has 0 radical (unpaired) electrons. The highest BCUT2D eigenvalue weighted by Gasteiger charge is 2.38. The average molecular weight is 431 g/mol. The normalized spacial score (nSPS) is 24.8. The summed E-state index contributed by atoms with van der Waals surface area (Å²) in [5.41, 5.74) is 3.06. The Morgan fingerprint density at radius 3 is 2.94 bits per heavy atom. The van der Waals surface area contributed by atoms with E-state index < -0.39 is 5.60 Å². The number of methoxy groups -OCH3 is 1. The Balaban J connectivity index is 1.62. The minimum atomic E-state index is -0.536. The van der Waals surface area contributed by atoms with Gasteiger partial charge in [0.15, 0.2) is 0 Å². The van der Waals surface area contributed by atoms with Gasteiger partial charge >= 0.3 is 0 Å². The Hall–Kier alpha value is -3.28. The lowest BCUT2D eigenvalue weighted by Gasteiger charge is -2.32. The summed E-state index contributed by atoms with van der Waals surface area (Å²) < 4.78 is 13.6. The highest BCUT2D eigenvalue weighted by molar-refractivity contribution is 5.98. The molecule has 1 amide bonds. The van der Waals surface area contributed by atoms with Gasteiger partial charge in [-0.25, -0.2) is 9.97 Å². The van der Waals surface area contributed by atoms with E-state index in [-0.39, 0.29) is 17.9 Å². The predicted molar refractivity (Wildman–Crippen MR) is 119 cm³/mol. The van der Waals surface area contributed by atoms with Crippen molar-refractivity contribution in [1.29, 1.82) is 5.26 Å². The van der Waals surface area contributed by atoms with E-state index in [0.717, 1.165) is 47.1 Å². The van der Waals surface area contributed by atoms with Crippen LogP contribution < -0.4 is 5.32 Å². The number of hydrogen-bond acceptors (Lipinski definition) is 6. The predicted octanol–water partition coefficient (Wildman–Crippen LogP) is 3.79. The maximum Gasteiger partial charge on any atom is 0.222 e. The van der Waals surface area contributed by atoms with Crippen molar-refractivity contribution in [1.82, 2.24) is 14.5 Å². The van der Waals surface area contributed by atoms with Crippen LogP contribution in [-0.4, -0.2) is 40.8 Å². The van der Waals surface area contributed by atoms with Crippen molar-refractivity contribution in [3.63, 3.8) is 0 Å². The molecule has 0 bridgehead atoms. The number of nitrogens with zero attached hydrogens (tertiary/aromatic N) is 4. The van der Waals surface area contributed by atoms with Crippen molar-refractivity contribution >= 4 is 22.6 Å². The first kappa shape index (κ1) is 20.6. The van der Waals surface area contributed by atoms with Gasteiger partial charge in [-0.05, 0) is 31.0 Å². The van der Waals surface area contributed by atoms with Crippen LogP contribution in [-0.2, 0) is 19.9 Å². The van der Waals surface area contributed by atoms with Gasteiger partial charge in [0.2, 0.25) is 5.91 Å². The fourth-order valence-electron chi connectivity index (χ4n) is 4.68. The largest absolute Gasteiger partial charge is 0.378 e. The number of fused-ring (bicyclic) bond motifs is 1. The standard InChI is InChI=1S/C24H25N5O3/c1-15(30)27-23-10-18-19(13-29(21(18)12-26-23)17-8-16(9-17)11-25)20-4-3-5-22(28-20)24(31-2)6-7-32-14-24/h3-5,10,12-13,16-17H,6-9,14H2,1-2H3,(H,26,27,30)/t16-,17-,24-/m0/s1. The second-order valence-corrected chi connectivity index (χ2v) is 8.58. The number of hydrogen-bond donors (Lipinski definition) is 1. The third-order valence-corrected chi connectivity index (χ3v) is 6.58. The van der Waals surface area contributed by atoms with E-state index in [1.54, 1.807) is 13.3 Å². The molecule has 3 aromatic rings. The molecule has 1 aliphatic heterocycles. The van der Waals surface area contributed by atoms with Gasteiger partial charge in [0.05, 0.1) is 41.7 Å². The second-order valence-electron chi connectivity index (χ2n) is 8.58. The summed E-state index contributed by atoms with van der Waals surface area (Å²) in [4.78, 5) is 21.0. The molecular weight excluding hydrogens is 406 g/mol. The fourth-order valence-corrected chi connectivity index (χ4v) is 4.68. The number of carbonyl (C=O) groups is 1. The molecule has 32 heavy (non-hydrogen) atoms. The van der Waals surface area contributed by atoms with Crippen LogP contribution in [0.25, 0.3) is 22.2 Å². The molecule has 164 valence electrons. The van der Waals surface area contributed by atoms with Crippen molar-refractivity contribution in [2.24, 2.45) is 5.92 Å². The zero-order valence-electron chi connectivity index (χ0n) is 18.2. The van der Waals surface area contributed by atoms with Crippen LogP contribution in [0.15, 0.2) is 36.7 Å². The van der Waals surface area contributed by atoms with Crippen LogP contribution in [0.3, 0.4) is 0 Å². The van der Waals surface area contributed by atoms with E-state index in [2.05, 4.69) is 27.1 Å². The summed E-state index contributed by atoms with van der Waals surface area (Å²) in [6.45, 7) is 2.59. The molecule has 1 aliphatic carbocycles. The number of amides is 1. The first-order valence-electron chi connectivity index (χ1n) is 10.8. The van der Waals surface area contributed by atoms with Crippen molar-refractivity contribution in [2.45, 2.75) is 37.8 Å². The van der Waals surface area contributed by atoms with Gasteiger partial charge in [-0.15, -0.1) is 0 Å². The molecular formula is C24H25N5O3. The first-order chi connectivity index (χ1) is 15.5. The van der Waals surface area contributed by atoms with E-state index in [1.807, 2.05) is 24.3 Å². The highest BCUT2D eigenvalue weighted by Crippen LogP contribution is 2.42. The average Bonchev–Trinajstić information content (AvgIpc) is 3.39. The zero-order valence-corrected chi connectivity index (χ0v) is 18.2. The van der Waals surface area contributed by atoms with Crippen LogP contribution in [0.2, 0.25) is 0 Å². The maximum absolute atomic E-state index is 11.6. The minimum absolute atomic E-state index is 0.0953. The molecule has 4 heterocycles. The van der Waals surface area contributed by atoms with Crippen LogP contribution in [0.5, 0.6) is 0 Å². The lowest BCUT2D eigenvalue weighted by molar-refractivity contribution is -0.114. The smallest absolute Gasteiger partial charge is 0.222 e. The van der Waals surface area contributed by atoms with Crippen LogP contribution in [0.4, 0.5) is 5.82 Å². The van der Waals surface area contributed by atoms with Gasteiger partial charge in [-0.2, -0.15) is 5.26 Å². The van der Waals surface area contributed by atoms with E-state index in [1.165, 1.54) is 6.92 Å². The molecule has 2 aliphatic rings. The van der Waals surface area contributed by atoms with Gasteiger partial charge in [-0.1, -0.05) is 6.07 Å². The van der Waals surface area contributed by atoms with Gasteiger partial charge in [0, 0.05) is 50.2 Å². The maximum atomic E-state index is 11.6. The molecule has 1 saturated carbocycles. The van der Waals surface area contributed by atoms with Gasteiger partial charge in [0.25, 0.3) is 0 Å². The van der Waals surface area contributed by atoms with E-state index in [4.69, 9.17) is 14.5 Å². The number of nitriles is 1. The Morgan fingerprint density at radius 1 is 1.41 bits per heavy atom. The number of aromatic nitrogens is 3. The van der Waals surface area contributed by atoms with E-state index in [0.29, 0.717) is 19.0 Å². The number of nitrogens with one attached hydrogen (secondary N) is 1. The number of ether oxygens (including phenoxy) is 2. The summed E-state index contributed by atoms with van der Waals surface area (Å²) in [6, 6.07) is 10.5. The fraction of sp³-hybridized carbons (Fsp3) is 0.417. The molecule has 0 spiro atoms. The topological polar surface area (TPSA) is 102 Å². The van der Waals surface area contributed by atoms with Crippen molar-refractivity contribution in [2.75, 3.05) is 25.6 Å². The Bertz CT molecular complexity index is 1220. The third-order valence-electron chi connectivity index (χ3n) is 6.58. The Morgan fingerprint density at radius 2 is 2.25 bits per heavy atom. The Kier molecular flexibility index (Phi) is 5.16. The molecule has 1 N–H and O–H groups in total. The number of rotatable bonds is 5. The molecule has 5 rings (SSSR count). The quantitative estimate of drug-likeness (QED) is 0.659. The summed E-state index contributed by atoms with van der Waals surface area (Å²) >= 11 is 0. The molecule has 8 heteroatoms. The molecule has 1 atom stereocenters. The van der Waals surface area contributed by atoms with E-state index in [9.17, 15) is 10.1 Å². The molecule has 3 aromatic heterocycles. The molecule has 8 nitrogen and oxygen atoms in total. The molecule has 0 unspecified atom stereocenters. The van der Waals surface area contributed by atoms with Gasteiger partial charge < -0.3 is 19.4 Å². The zero-order chi connectivity index (χ0) is 22.3. The van der Waals surface area contributed by atoms with Crippen molar-refractivity contribution < 1.29 is 14.3 Å². The van der Waals surface area contributed by atoms with Crippen LogP contribution in [0.1, 0.15) is 37.9 Å². The Labute approximate surface area is 186 Å². The monoisotopic (exact) mass is 431 g/mol. The summed E-state index contributed by atoms with van der Waals surface area (Å²) in [5.74, 6) is 0.427. The first-order valence-corrected chi connectivity index (χ1v) is 10.8. The number of pyridine rings is 2. The van der Waals surface area contributed by atoms with Crippen LogP contribution in [0, 0.1) is 17.2 Å². The highest BCUT2D eigenvalue weighted by atomic mass is 16.5. The molecule has 0 aromatic carbocycles. The number of carbonyl (C=O) groups excluding carboxylic acids is 1. The van der Waals surface area contributed by atoms with E-state index >= 15 is 0 Å². The number of anilines is 1. The molecule has 2 fully saturated rings.